The van der Waals surface area contributed by atoms with Gasteiger partial charge in [-0.2, -0.15) is 0 Å². The highest BCUT2D eigenvalue weighted by Gasteiger charge is 2.31. The lowest BCUT2D eigenvalue weighted by Gasteiger charge is -2.33. The number of benzene rings is 1. The molecule has 0 spiro atoms. The lowest BCUT2D eigenvalue weighted by molar-refractivity contribution is 0.0499. The zero-order chi connectivity index (χ0) is 15.3. The van der Waals surface area contributed by atoms with Crippen LogP contribution in [0.1, 0.15) is 29.9 Å². The molecule has 0 unspecified atom stereocenters. The van der Waals surface area contributed by atoms with Gasteiger partial charge in [0.15, 0.2) is 0 Å². The van der Waals surface area contributed by atoms with Crippen molar-refractivity contribution in [3.05, 3.63) is 52.5 Å². The van der Waals surface area contributed by atoms with Gasteiger partial charge < -0.3 is 10.4 Å². The van der Waals surface area contributed by atoms with E-state index in [9.17, 15) is 9.90 Å². The first kappa shape index (κ1) is 15.7. The average molecular weight is 304 g/mol. The average Bonchev–Trinajstić information content (AvgIpc) is 3.00. The molecular formula is C16H20N2O2S. The number of thiazole rings is 1. The Bertz CT molecular complexity index is 569. The molecule has 2 atom stereocenters. The topological polar surface area (TPSA) is 62.2 Å². The molecule has 0 aliphatic heterocycles. The molecule has 2 rings (SSSR count). The SMILES string of the molecule is C[C@H](O)[C@@](C)(CNC(=O)c1cscn1)Cc1ccccc1. The molecule has 1 heterocycles. The van der Waals surface area contributed by atoms with Crippen LogP contribution in [0.3, 0.4) is 0 Å². The van der Waals surface area contributed by atoms with E-state index in [1.165, 1.54) is 11.3 Å². The number of aromatic nitrogens is 1. The summed E-state index contributed by atoms with van der Waals surface area (Å²) in [4.78, 5) is 16.0. The zero-order valence-electron chi connectivity index (χ0n) is 12.2. The first-order valence-corrected chi connectivity index (χ1v) is 7.84. The minimum atomic E-state index is -0.534. The van der Waals surface area contributed by atoms with E-state index in [0.717, 1.165) is 5.56 Å². The number of rotatable bonds is 6. The standard InChI is InChI=1S/C16H20N2O2S/c1-12(19)16(2,8-13-6-4-3-5-7-13)10-17-15(20)14-9-21-11-18-14/h3-7,9,11-12,19H,8,10H2,1-2H3,(H,17,20)/t12-,16+/m0/s1. The van der Waals surface area contributed by atoms with Crippen molar-refractivity contribution in [2.45, 2.75) is 26.4 Å². The number of carbonyl (C=O) groups excluding carboxylic acids is 1. The number of carbonyl (C=O) groups is 1. The van der Waals surface area contributed by atoms with Crippen LogP contribution >= 0.6 is 11.3 Å². The van der Waals surface area contributed by atoms with Crippen molar-refractivity contribution in [1.29, 1.82) is 0 Å². The van der Waals surface area contributed by atoms with E-state index in [0.29, 0.717) is 18.7 Å². The molecule has 4 nitrogen and oxygen atoms in total. The van der Waals surface area contributed by atoms with Crippen molar-refractivity contribution in [1.82, 2.24) is 10.3 Å². The minimum Gasteiger partial charge on any atom is -0.393 e. The van der Waals surface area contributed by atoms with Gasteiger partial charge >= 0.3 is 0 Å². The monoisotopic (exact) mass is 304 g/mol. The summed E-state index contributed by atoms with van der Waals surface area (Å²) in [6.45, 7) is 4.14. The summed E-state index contributed by atoms with van der Waals surface area (Å²) in [5.41, 5.74) is 2.77. The molecule has 21 heavy (non-hydrogen) atoms. The Morgan fingerprint density at radius 2 is 2.14 bits per heavy atom. The third-order valence-corrected chi connectivity index (χ3v) is 4.36. The van der Waals surface area contributed by atoms with Crippen LogP contribution < -0.4 is 5.32 Å². The number of nitrogens with one attached hydrogen (secondary N) is 1. The fourth-order valence-electron chi connectivity index (χ4n) is 2.12. The summed E-state index contributed by atoms with van der Waals surface area (Å²) in [6.07, 6.45) is 0.163. The lowest BCUT2D eigenvalue weighted by Crippen LogP contribution is -2.43. The van der Waals surface area contributed by atoms with Crippen molar-refractivity contribution in [2.75, 3.05) is 6.54 Å². The van der Waals surface area contributed by atoms with E-state index in [1.54, 1.807) is 17.8 Å². The second kappa shape index (κ2) is 6.83. The first-order valence-electron chi connectivity index (χ1n) is 6.90. The van der Waals surface area contributed by atoms with Gasteiger partial charge in [0.05, 0.1) is 11.6 Å². The highest BCUT2D eigenvalue weighted by atomic mass is 32.1. The largest absolute Gasteiger partial charge is 0.393 e. The number of nitrogens with zero attached hydrogens (tertiary/aromatic N) is 1. The van der Waals surface area contributed by atoms with Gasteiger partial charge in [-0.25, -0.2) is 4.98 Å². The minimum absolute atomic E-state index is 0.198. The molecule has 5 heteroatoms. The van der Waals surface area contributed by atoms with Crippen LogP contribution in [0.5, 0.6) is 0 Å². The third-order valence-electron chi connectivity index (χ3n) is 3.78. The van der Waals surface area contributed by atoms with Gasteiger partial charge in [0, 0.05) is 17.3 Å². The Morgan fingerprint density at radius 3 is 2.71 bits per heavy atom. The number of amides is 1. The molecule has 0 fully saturated rings. The summed E-state index contributed by atoms with van der Waals surface area (Å²) >= 11 is 1.39. The highest BCUT2D eigenvalue weighted by molar-refractivity contribution is 7.07. The molecule has 0 saturated heterocycles. The highest BCUT2D eigenvalue weighted by Crippen LogP contribution is 2.26. The van der Waals surface area contributed by atoms with Crippen LogP contribution in [0.2, 0.25) is 0 Å². The summed E-state index contributed by atoms with van der Waals surface area (Å²) in [5, 5.41) is 14.7. The maximum Gasteiger partial charge on any atom is 0.270 e. The predicted molar refractivity (Wildman–Crippen MR) is 84.4 cm³/mol. The van der Waals surface area contributed by atoms with Gasteiger partial charge in [-0.3, -0.25) is 4.79 Å². The number of aliphatic hydroxyl groups excluding tert-OH is 1. The molecule has 1 amide bonds. The maximum absolute atomic E-state index is 12.0. The molecule has 0 saturated carbocycles. The maximum atomic E-state index is 12.0. The van der Waals surface area contributed by atoms with Crippen molar-refractivity contribution in [3.8, 4) is 0 Å². The van der Waals surface area contributed by atoms with Crippen LogP contribution in [0.4, 0.5) is 0 Å². The van der Waals surface area contributed by atoms with Gasteiger partial charge in [0.1, 0.15) is 5.69 Å². The fourth-order valence-corrected chi connectivity index (χ4v) is 2.65. The molecule has 0 bridgehead atoms. The van der Waals surface area contributed by atoms with E-state index in [-0.39, 0.29) is 5.91 Å². The van der Waals surface area contributed by atoms with Gasteiger partial charge in [0.2, 0.25) is 0 Å². The van der Waals surface area contributed by atoms with Crippen LogP contribution in [0, 0.1) is 5.41 Å². The Morgan fingerprint density at radius 1 is 1.43 bits per heavy atom. The van der Waals surface area contributed by atoms with E-state index < -0.39 is 11.5 Å². The predicted octanol–water partition coefficient (Wildman–Crippen LogP) is 2.50. The van der Waals surface area contributed by atoms with Gasteiger partial charge in [-0.1, -0.05) is 37.3 Å². The Kier molecular flexibility index (Phi) is 5.09. The summed E-state index contributed by atoms with van der Waals surface area (Å²) < 4.78 is 0. The summed E-state index contributed by atoms with van der Waals surface area (Å²) in [6, 6.07) is 9.98. The second-order valence-corrected chi connectivity index (χ2v) is 6.27. The summed E-state index contributed by atoms with van der Waals surface area (Å²) in [7, 11) is 0. The summed E-state index contributed by atoms with van der Waals surface area (Å²) in [5.74, 6) is -0.198. The van der Waals surface area contributed by atoms with E-state index >= 15 is 0 Å². The zero-order valence-corrected chi connectivity index (χ0v) is 13.1. The van der Waals surface area contributed by atoms with Crippen LogP contribution in [0.15, 0.2) is 41.2 Å². The Balaban J connectivity index is 2.03. The van der Waals surface area contributed by atoms with Crippen LogP contribution in [-0.2, 0) is 6.42 Å². The van der Waals surface area contributed by atoms with Gasteiger partial charge in [-0.05, 0) is 18.9 Å². The van der Waals surface area contributed by atoms with E-state index in [1.807, 2.05) is 37.3 Å². The molecule has 1 aromatic carbocycles. The van der Waals surface area contributed by atoms with Gasteiger partial charge in [0.25, 0.3) is 5.91 Å². The number of aliphatic hydroxyl groups is 1. The van der Waals surface area contributed by atoms with E-state index in [4.69, 9.17) is 0 Å². The molecule has 112 valence electrons. The second-order valence-electron chi connectivity index (χ2n) is 5.55. The van der Waals surface area contributed by atoms with Crippen LogP contribution in [0.25, 0.3) is 0 Å². The molecule has 0 aliphatic carbocycles. The van der Waals surface area contributed by atoms with Crippen LogP contribution in [-0.4, -0.2) is 28.6 Å². The van der Waals surface area contributed by atoms with E-state index in [2.05, 4.69) is 10.3 Å². The van der Waals surface area contributed by atoms with Crippen molar-refractivity contribution < 1.29 is 9.90 Å². The molecule has 1 aromatic heterocycles. The first-order chi connectivity index (χ1) is 10.0. The quantitative estimate of drug-likeness (QED) is 0.862. The Hall–Kier alpha value is -1.72. The molecule has 0 aliphatic rings. The van der Waals surface area contributed by atoms with Gasteiger partial charge in [-0.15, -0.1) is 11.3 Å². The number of hydrogen-bond donors (Lipinski definition) is 2. The van der Waals surface area contributed by atoms with Crippen molar-refractivity contribution >= 4 is 17.2 Å². The smallest absolute Gasteiger partial charge is 0.270 e. The molecule has 0 radical (unpaired) electrons. The van der Waals surface area contributed by atoms with Crippen molar-refractivity contribution in [3.63, 3.8) is 0 Å². The lowest BCUT2D eigenvalue weighted by atomic mass is 9.79. The third kappa shape index (κ3) is 4.12. The Labute approximate surface area is 128 Å². The number of hydrogen-bond acceptors (Lipinski definition) is 4. The van der Waals surface area contributed by atoms with Crippen molar-refractivity contribution in [2.24, 2.45) is 5.41 Å². The molecule has 2 N–H and O–H groups in total. The molecule has 2 aromatic rings. The fraction of sp³-hybridized carbons (Fsp3) is 0.375. The normalized spacial score (nSPS) is 15.2. The molecular weight excluding hydrogens is 284 g/mol.